The van der Waals surface area contributed by atoms with E-state index < -0.39 is 0 Å². The maximum Gasteiger partial charge on any atom is 0.268 e. The van der Waals surface area contributed by atoms with Gasteiger partial charge < -0.3 is 14.8 Å². The van der Waals surface area contributed by atoms with E-state index in [1.807, 2.05) is 16.8 Å². The van der Waals surface area contributed by atoms with Gasteiger partial charge in [-0.15, -0.1) is 0 Å². The third kappa shape index (κ3) is 4.66. The first-order valence-electron chi connectivity index (χ1n) is 6.87. The molecule has 0 bridgehead atoms. The summed E-state index contributed by atoms with van der Waals surface area (Å²) in [7, 11) is 0. The van der Waals surface area contributed by atoms with E-state index in [1.54, 1.807) is 0 Å². The van der Waals surface area contributed by atoms with Crippen molar-refractivity contribution in [2.45, 2.75) is 33.7 Å². The molecule has 0 aliphatic rings. The van der Waals surface area contributed by atoms with Crippen LogP contribution in [0, 0.1) is 0 Å². The number of nitrogens with one attached hydrogen (secondary N) is 1. The van der Waals surface area contributed by atoms with E-state index in [0.717, 1.165) is 24.1 Å². The van der Waals surface area contributed by atoms with E-state index in [0.29, 0.717) is 12.2 Å². The van der Waals surface area contributed by atoms with Crippen LogP contribution in [0.2, 0.25) is 0 Å². The highest BCUT2D eigenvalue weighted by atomic mass is 79.9. The Hall–Kier alpha value is -0.810. The number of likely N-dealkylation sites (N-methyl/N-ethyl adjacent to an activating group) is 1. The van der Waals surface area contributed by atoms with E-state index in [9.17, 15) is 4.79 Å². The zero-order valence-electron chi connectivity index (χ0n) is 12.2. The van der Waals surface area contributed by atoms with Gasteiger partial charge >= 0.3 is 0 Å². The van der Waals surface area contributed by atoms with Gasteiger partial charge in [0.25, 0.3) is 5.91 Å². The van der Waals surface area contributed by atoms with Gasteiger partial charge in [-0.1, -0.05) is 13.8 Å². The molecule has 0 atom stereocenters. The van der Waals surface area contributed by atoms with Crippen LogP contribution < -0.4 is 5.32 Å². The number of hydrogen-bond donors (Lipinski definition) is 1. The standard InChI is InChI=1S/C14H24BrN3O/c1-5-17(6-2)8-7-16-14(19)13-9-12(15)10-18(13)11(3)4/h9-11H,5-8H2,1-4H3,(H,16,19). The molecule has 0 fully saturated rings. The second kappa shape index (κ2) is 7.70. The fourth-order valence-electron chi connectivity index (χ4n) is 2.01. The van der Waals surface area contributed by atoms with E-state index >= 15 is 0 Å². The van der Waals surface area contributed by atoms with Crippen molar-refractivity contribution in [2.75, 3.05) is 26.2 Å². The minimum Gasteiger partial charge on any atom is -0.349 e. The van der Waals surface area contributed by atoms with Crippen LogP contribution >= 0.6 is 15.9 Å². The summed E-state index contributed by atoms with van der Waals surface area (Å²) < 4.78 is 2.92. The molecule has 0 radical (unpaired) electrons. The number of hydrogen-bond acceptors (Lipinski definition) is 2. The van der Waals surface area contributed by atoms with Crippen LogP contribution in [0.5, 0.6) is 0 Å². The number of halogens is 1. The second-order valence-electron chi connectivity index (χ2n) is 4.83. The Balaban J connectivity index is 2.59. The van der Waals surface area contributed by atoms with Gasteiger partial charge in [0.05, 0.1) is 0 Å². The van der Waals surface area contributed by atoms with Crippen molar-refractivity contribution in [2.24, 2.45) is 0 Å². The maximum atomic E-state index is 12.2. The fraction of sp³-hybridized carbons (Fsp3) is 0.643. The first-order valence-corrected chi connectivity index (χ1v) is 7.66. The molecule has 1 aromatic heterocycles. The Morgan fingerprint density at radius 3 is 2.58 bits per heavy atom. The van der Waals surface area contributed by atoms with Gasteiger partial charge in [-0.25, -0.2) is 0 Å². The highest BCUT2D eigenvalue weighted by Crippen LogP contribution is 2.19. The van der Waals surface area contributed by atoms with Crippen LogP contribution in [-0.4, -0.2) is 41.6 Å². The summed E-state index contributed by atoms with van der Waals surface area (Å²) in [5.74, 6) is -0.00782. The molecule has 19 heavy (non-hydrogen) atoms. The average molecular weight is 330 g/mol. The molecule has 1 aromatic rings. The number of rotatable bonds is 7. The lowest BCUT2D eigenvalue weighted by Crippen LogP contribution is -2.35. The topological polar surface area (TPSA) is 37.3 Å². The van der Waals surface area contributed by atoms with Crippen molar-refractivity contribution >= 4 is 21.8 Å². The Bertz CT molecular complexity index is 411. The summed E-state index contributed by atoms with van der Waals surface area (Å²) in [5, 5.41) is 2.98. The summed E-state index contributed by atoms with van der Waals surface area (Å²) in [6, 6.07) is 2.14. The lowest BCUT2D eigenvalue weighted by Gasteiger charge is -2.18. The van der Waals surface area contributed by atoms with Gasteiger partial charge in [0.15, 0.2) is 0 Å². The molecule has 5 heteroatoms. The molecule has 1 rings (SSSR count). The molecule has 0 aromatic carbocycles. The highest BCUT2D eigenvalue weighted by Gasteiger charge is 2.14. The van der Waals surface area contributed by atoms with Crippen LogP contribution in [0.15, 0.2) is 16.7 Å². The van der Waals surface area contributed by atoms with Crippen molar-refractivity contribution in [3.05, 3.63) is 22.4 Å². The van der Waals surface area contributed by atoms with Crippen LogP contribution in [0.1, 0.15) is 44.2 Å². The molecule has 1 amide bonds. The number of amides is 1. The summed E-state index contributed by atoms with van der Waals surface area (Å²) in [6.45, 7) is 12.0. The normalized spacial score (nSPS) is 11.3. The number of carbonyl (C=O) groups excluding carboxylic acids is 1. The molecular weight excluding hydrogens is 306 g/mol. The zero-order chi connectivity index (χ0) is 14.4. The van der Waals surface area contributed by atoms with Crippen LogP contribution in [-0.2, 0) is 0 Å². The first-order chi connectivity index (χ1) is 8.99. The van der Waals surface area contributed by atoms with Crippen molar-refractivity contribution in [3.63, 3.8) is 0 Å². The monoisotopic (exact) mass is 329 g/mol. The van der Waals surface area contributed by atoms with E-state index in [1.165, 1.54) is 0 Å². The summed E-state index contributed by atoms with van der Waals surface area (Å²) >= 11 is 3.42. The Morgan fingerprint density at radius 2 is 2.05 bits per heavy atom. The number of carbonyl (C=O) groups is 1. The fourth-order valence-corrected chi connectivity index (χ4v) is 2.45. The highest BCUT2D eigenvalue weighted by molar-refractivity contribution is 9.10. The van der Waals surface area contributed by atoms with Gasteiger partial charge in [0.2, 0.25) is 0 Å². The van der Waals surface area contributed by atoms with Crippen LogP contribution in [0.4, 0.5) is 0 Å². The van der Waals surface area contributed by atoms with E-state index in [4.69, 9.17) is 0 Å². The lowest BCUT2D eigenvalue weighted by atomic mass is 10.3. The molecule has 0 aliphatic heterocycles. The van der Waals surface area contributed by atoms with Crippen molar-refractivity contribution in [1.82, 2.24) is 14.8 Å². The maximum absolute atomic E-state index is 12.2. The predicted octanol–water partition coefficient (Wildman–Crippen LogP) is 2.90. The molecule has 0 saturated carbocycles. The number of nitrogens with zero attached hydrogens (tertiary/aromatic N) is 2. The van der Waals surface area contributed by atoms with Crippen LogP contribution in [0.3, 0.4) is 0 Å². The molecule has 0 saturated heterocycles. The van der Waals surface area contributed by atoms with Gasteiger partial charge in [0.1, 0.15) is 5.69 Å². The molecule has 4 nitrogen and oxygen atoms in total. The molecule has 1 heterocycles. The van der Waals surface area contributed by atoms with Gasteiger partial charge in [-0.05, 0) is 48.9 Å². The molecule has 0 spiro atoms. The quantitative estimate of drug-likeness (QED) is 0.835. The first kappa shape index (κ1) is 16.2. The summed E-state index contributed by atoms with van der Waals surface area (Å²) in [4.78, 5) is 14.5. The predicted molar refractivity (Wildman–Crippen MR) is 82.6 cm³/mol. The molecule has 0 unspecified atom stereocenters. The number of aromatic nitrogens is 1. The minimum atomic E-state index is -0.00782. The van der Waals surface area contributed by atoms with Gasteiger partial charge in [-0.3, -0.25) is 4.79 Å². The van der Waals surface area contributed by atoms with Gasteiger partial charge in [0, 0.05) is 29.8 Å². The lowest BCUT2D eigenvalue weighted by molar-refractivity contribution is 0.0938. The van der Waals surface area contributed by atoms with Gasteiger partial charge in [-0.2, -0.15) is 0 Å². The molecule has 0 aliphatic carbocycles. The van der Waals surface area contributed by atoms with Crippen molar-refractivity contribution in [3.8, 4) is 0 Å². The third-order valence-electron chi connectivity index (χ3n) is 3.21. The molecule has 108 valence electrons. The smallest absolute Gasteiger partial charge is 0.268 e. The third-order valence-corrected chi connectivity index (χ3v) is 3.65. The Morgan fingerprint density at radius 1 is 1.42 bits per heavy atom. The summed E-state index contributed by atoms with van der Waals surface area (Å²) in [5.41, 5.74) is 0.710. The molecule has 1 N–H and O–H groups in total. The van der Waals surface area contributed by atoms with E-state index in [-0.39, 0.29) is 11.9 Å². The summed E-state index contributed by atoms with van der Waals surface area (Å²) in [6.07, 6.45) is 1.95. The zero-order valence-corrected chi connectivity index (χ0v) is 13.8. The average Bonchev–Trinajstić information content (AvgIpc) is 2.77. The minimum absolute atomic E-state index is 0.00782. The van der Waals surface area contributed by atoms with Crippen molar-refractivity contribution in [1.29, 1.82) is 0 Å². The second-order valence-corrected chi connectivity index (χ2v) is 5.74. The van der Waals surface area contributed by atoms with Crippen LogP contribution in [0.25, 0.3) is 0 Å². The SMILES string of the molecule is CCN(CC)CCNC(=O)c1cc(Br)cn1C(C)C. The molecular formula is C14H24BrN3O. The Labute approximate surface area is 124 Å². The van der Waals surface area contributed by atoms with E-state index in [2.05, 4.69) is 53.8 Å². The largest absolute Gasteiger partial charge is 0.349 e. The van der Waals surface area contributed by atoms with Crippen molar-refractivity contribution < 1.29 is 4.79 Å². The Kier molecular flexibility index (Phi) is 6.58.